The van der Waals surface area contributed by atoms with Crippen molar-refractivity contribution in [2.24, 2.45) is 11.8 Å². The Labute approximate surface area is 151 Å². The highest BCUT2D eigenvalue weighted by Crippen LogP contribution is 2.29. The normalized spacial score (nSPS) is 23.8. The highest BCUT2D eigenvalue weighted by Gasteiger charge is 2.33. The molecule has 1 aromatic carbocycles. The van der Waals surface area contributed by atoms with E-state index in [0.29, 0.717) is 42.2 Å². The lowest BCUT2D eigenvalue weighted by Gasteiger charge is -2.35. The minimum Gasteiger partial charge on any atom is -0.481 e. The van der Waals surface area contributed by atoms with E-state index in [1.54, 1.807) is 28.0 Å². The summed E-state index contributed by atoms with van der Waals surface area (Å²) in [5.74, 6) is -1.57. The fourth-order valence-corrected chi connectivity index (χ4v) is 3.83. The number of carboxylic acid groups (broad SMARTS) is 1. The van der Waals surface area contributed by atoms with Crippen molar-refractivity contribution in [3.63, 3.8) is 0 Å². The molecule has 2 aliphatic heterocycles. The molecule has 2 unspecified atom stereocenters. The first-order valence-corrected chi connectivity index (χ1v) is 8.86. The van der Waals surface area contributed by atoms with E-state index in [1.807, 2.05) is 6.92 Å². The fourth-order valence-electron chi connectivity index (χ4n) is 3.63. The van der Waals surface area contributed by atoms with Crippen LogP contribution in [0.5, 0.6) is 0 Å². The van der Waals surface area contributed by atoms with Gasteiger partial charge in [0.2, 0.25) is 5.91 Å². The van der Waals surface area contributed by atoms with Gasteiger partial charge < -0.3 is 14.9 Å². The van der Waals surface area contributed by atoms with Crippen molar-refractivity contribution < 1.29 is 19.5 Å². The predicted molar refractivity (Wildman–Crippen MR) is 93.8 cm³/mol. The van der Waals surface area contributed by atoms with Crippen molar-refractivity contribution in [1.82, 2.24) is 4.90 Å². The minimum absolute atomic E-state index is 0.0401. The number of rotatable bonds is 3. The molecule has 2 saturated heterocycles. The number of carbonyl (C=O) groups is 3. The average molecular weight is 365 g/mol. The van der Waals surface area contributed by atoms with Crippen LogP contribution in [0.2, 0.25) is 5.02 Å². The molecule has 6 nitrogen and oxygen atoms in total. The van der Waals surface area contributed by atoms with Gasteiger partial charge in [0.15, 0.2) is 0 Å². The van der Waals surface area contributed by atoms with E-state index in [1.165, 1.54) is 0 Å². The second-order valence-corrected chi connectivity index (χ2v) is 7.31. The summed E-state index contributed by atoms with van der Waals surface area (Å²) >= 11 is 6.22. The molecule has 7 heteroatoms. The Hall–Kier alpha value is -2.08. The van der Waals surface area contributed by atoms with Crippen LogP contribution in [0.4, 0.5) is 5.69 Å². The molecule has 3 rings (SSSR count). The third-order valence-electron chi connectivity index (χ3n) is 4.86. The van der Waals surface area contributed by atoms with Crippen LogP contribution >= 0.6 is 11.6 Å². The molecular weight excluding hydrogens is 344 g/mol. The van der Waals surface area contributed by atoms with Crippen LogP contribution in [0.1, 0.15) is 36.5 Å². The quantitative estimate of drug-likeness (QED) is 0.894. The second-order valence-electron chi connectivity index (χ2n) is 6.90. The molecule has 1 aromatic rings. The SMILES string of the molecule is CC1CC(C(=O)O)CN(C(=O)c2cc(N3CCCC3=O)ccc2Cl)C1. The molecule has 134 valence electrons. The van der Waals surface area contributed by atoms with Crippen molar-refractivity contribution in [2.75, 3.05) is 24.5 Å². The number of piperidine rings is 1. The predicted octanol–water partition coefficient (Wildman–Crippen LogP) is 2.65. The number of aliphatic carboxylic acids is 1. The highest BCUT2D eigenvalue weighted by molar-refractivity contribution is 6.34. The summed E-state index contributed by atoms with van der Waals surface area (Å²) in [6.07, 6.45) is 1.87. The van der Waals surface area contributed by atoms with Crippen molar-refractivity contribution >= 4 is 35.1 Å². The number of carbonyl (C=O) groups excluding carboxylic acids is 2. The maximum absolute atomic E-state index is 12.9. The largest absolute Gasteiger partial charge is 0.481 e. The van der Waals surface area contributed by atoms with E-state index >= 15 is 0 Å². The number of halogens is 1. The number of nitrogens with zero attached hydrogens (tertiary/aromatic N) is 2. The number of anilines is 1. The summed E-state index contributed by atoms with van der Waals surface area (Å²) in [5.41, 5.74) is 0.979. The number of likely N-dealkylation sites (tertiary alicyclic amines) is 1. The molecular formula is C18H21ClN2O4. The van der Waals surface area contributed by atoms with E-state index in [9.17, 15) is 19.5 Å². The maximum atomic E-state index is 12.9. The van der Waals surface area contributed by atoms with E-state index in [-0.39, 0.29) is 24.3 Å². The van der Waals surface area contributed by atoms with Crippen LogP contribution in [-0.2, 0) is 9.59 Å². The van der Waals surface area contributed by atoms with Crippen molar-refractivity contribution in [3.05, 3.63) is 28.8 Å². The molecule has 1 N–H and O–H groups in total. The first kappa shape index (κ1) is 17.7. The van der Waals surface area contributed by atoms with Crippen LogP contribution in [-0.4, -0.2) is 47.4 Å². The Kier molecular flexibility index (Phi) is 4.99. The molecule has 2 aliphatic rings. The average Bonchev–Trinajstić information content (AvgIpc) is 3.00. The lowest BCUT2D eigenvalue weighted by atomic mass is 9.90. The molecule has 25 heavy (non-hydrogen) atoms. The van der Waals surface area contributed by atoms with Gasteiger partial charge in [-0.25, -0.2) is 0 Å². The lowest BCUT2D eigenvalue weighted by Crippen LogP contribution is -2.45. The van der Waals surface area contributed by atoms with Crippen molar-refractivity contribution in [1.29, 1.82) is 0 Å². The molecule has 2 atom stereocenters. The number of amides is 2. The summed E-state index contributed by atoms with van der Waals surface area (Å²) in [6.45, 7) is 3.26. The zero-order valence-electron chi connectivity index (χ0n) is 14.1. The Morgan fingerprint density at radius 2 is 2.04 bits per heavy atom. The summed E-state index contributed by atoms with van der Waals surface area (Å²) in [6, 6.07) is 5.00. The zero-order valence-corrected chi connectivity index (χ0v) is 14.8. The third-order valence-corrected chi connectivity index (χ3v) is 5.19. The highest BCUT2D eigenvalue weighted by atomic mass is 35.5. The monoisotopic (exact) mass is 364 g/mol. The van der Waals surface area contributed by atoms with Gasteiger partial charge in [-0.1, -0.05) is 18.5 Å². The number of carboxylic acids is 1. The lowest BCUT2D eigenvalue weighted by molar-refractivity contribution is -0.143. The minimum atomic E-state index is -0.883. The molecule has 0 saturated carbocycles. The molecule has 0 aliphatic carbocycles. The number of benzene rings is 1. The Morgan fingerprint density at radius 3 is 2.68 bits per heavy atom. The van der Waals surface area contributed by atoms with Crippen LogP contribution < -0.4 is 4.90 Å². The third kappa shape index (κ3) is 3.63. The Balaban J connectivity index is 1.86. The molecule has 0 aromatic heterocycles. The van der Waals surface area contributed by atoms with Crippen LogP contribution in [0.3, 0.4) is 0 Å². The second kappa shape index (κ2) is 7.04. The van der Waals surface area contributed by atoms with Crippen LogP contribution in [0.25, 0.3) is 0 Å². The molecule has 2 amide bonds. The van der Waals surface area contributed by atoms with Gasteiger partial charge in [-0.3, -0.25) is 14.4 Å². The molecule has 0 spiro atoms. The van der Waals surface area contributed by atoms with Crippen LogP contribution in [0, 0.1) is 11.8 Å². The summed E-state index contributed by atoms with van der Waals surface area (Å²) in [4.78, 5) is 39.4. The van der Waals surface area contributed by atoms with Gasteiger partial charge in [-0.05, 0) is 37.0 Å². The smallest absolute Gasteiger partial charge is 0.308 e. The fraction of sp³-hybridized carbons (Fsp3) is 0.500. The van der Waals surface area contributed by atoms with Gasteiger partial charge in [0.1, 0.15) is 0 Å². The van der Waals surface area contributed by atoms with Gasteiger partial charge in [-0.2, -0.15) is 0 Å². The molecule has 2 heterocycles. The summed E-state index contributed by atoms with van der Waals surface area (Å²) < 4.78 is 0. The first-order chi connectivity index (χ1) is 11.9. The zero-order chi connectivity index (χ0) is 18.1. The maximum Gasteiger partial charge on any atom is 0.308 e. The first-order valence-electron chi connectivity index (χ1n) is 8.49. The van der Waals surface area contributed by atoms with Gasteiger partial charge in [0.05, 0.1) is 16.5 Å². The molecule has 2 fully saturated rings. The van der Waals surface area contributed by atoms with Gasteiger partial charge in [0, 0.05) is 31.7 Å². The van der Waals surface area contributed by atoms with Crippen LogP contribution in [0.15, 0.2) is 18.2 Å². The Morgan fingerprint density at radius 1 is 1.28 bits per heavy atom. The molecule has 0 radical (unpaired) electrons. The Bertz CT molecular complexity index is 721. The van der Waals surface area contributed by atoms with Gasteiger partial charge in [-0.15, -0.1) is 0 Å². The molecule has 0 bridgehead atoms. The van der Waals surface area contributed by atoms with Crippen molar-refractivity contribution in [2.45, 2.75) is 26.2 Å². The topological polar surface area (TPSA) is 77.9 Å². The number of hydrogen-bond acceptors (Lipinski definition) is 3. The number of hydrogen-bond donors (Lipinski definition) is 1. The summed E-state index contributed by atoms with van der Waals surface area (Å²) in [7, 11) is 0. The van der Waals surface area contributed by atoms with Gasteiger partial charge >= 0.3 is 5.97 Å². The summed E-state index contributed by atoms with van der Waals surface area (Å²) in [5, 5.41) is 9.60. The van der Waals surface area contributed by atoms with Crippen molar-refractivity contribution in [3.8, 4) is 0 Å². The van der Waals surface area contributed by atoms with E-state index < -0.39 is 11.9 Å². The van der Waals surface area contributed by atoms with E-state index in [4.69, 9.17) is 11.6 Å². The van der Waals surface area contributed by atoms with E-state index in [2.05, 4.69) is 0 Å². The van der Waals surface area contributed by atoms with E-state index in [0.717, 1.165) is 6.42 Å². The standard InChI is InChI=1S/C18H21ClN2O4/c1-11-7-12(18(24)25)10-20(9-11)17(23)14-8-13(4-5-15(14)19)21-6-2-3-16(21)22/h4-5,8,11-12H,2-3,6-7,9-10H2,1H3,(H,24,25). The van der Waals surface area contributed by atoms with Gasteiger partial charge in [0.25, 0.3) is 5.91 Å².